The van der Waals surface area contributed by atoms with Gasteiger partial charge in [0.2, 0.25) is 5.91 Å². The van der Waals surface area contributed by atoms with Gasteiger partial charge in [-0.2, -0.15) is 0 Å². The van der Waals surface area contributed by atoms with Crippen molar-refractivity contribution < 1.29 is 14.3 Å². The smallest absolute Gasteiger partial charge is 0.328 e. The standard InChI is InChI=1S/C21H24ClN3O3/c1-2-28-21(27)20(16-5-7-17(22)8-6-16)25(18-9-10-18)14-19(26)24-13-15-4-3-11-23-12-15/h3-8,11-12,18,20H,2,9-10,13-14H2,1H3,(H,24,26). The Bertz CT molecular complexity index is 794. The van der Waals surface area contributed by atoms with Gasteiger partial charge in [-0.25, -0.2) is 4.79 Å². The lowest BCUT2D eigenvalue weighted by Gasteiger charge is -2.30. The first-order valence-corrected chi connectivity index (χ1v) is 9.79. The lowest BCUT2D eigenvalue weighted by Crippen LogP contribution is -2.43. The van der Waals surface area contributed by atoms with Crippen LogP contribution in [0.15, 0.2) is 48.8 Å². The van der Waals surface area contributed by atoms with E-state index >= 15 is 0 Å². The van der Waals surface area contributed by atoms with E-state index in [0.717, 1.165) is 24.0 Å². The van der Waals surface area contributed by atoms with Gasteiger partial charge >= 0.3 is 5.97 Å². The molecule has 7 heteroatoms. The number of hydrogen-bond donors (Lipinski definition) is 1. The minimum atomic E-state index is -0.631. The summed E-state index contributed by atoms with van der Waals surface area (Å²) in [5.41, 5.74) is 1.70. The third-order valence-electron chi connectivity index (χ3n) is 4.58. The van der Waals surface area contributed by atoms with Gasteiger partial charge in [0, 0.05) is 30.0 Å². The summed E-state index contributed by atoms with van der Waals surface area (Å²) < 4.78 is 5.30. The fourth-order valence-corrected chi connectivity index (χ4v) is 3.22. The van der Waals surface area contributed by atoms with Gasteiger partial charge in [0.1, 0.15) is 6.04 Å². The molecular formula is C21H24ClN3O3. The van der Waals surface area contributed by atoms with Crippen molar-refractivity contribution >= 4 is 23.5 Å². The predicted molar refractivity (Wildman–Crippen MR) is 107 cm³/mol. The molecule has 1 aliphatic rings. The molecule has 1 saturated carbocycles. The number of halogens is 1. The van der Waals surface area contributed by atoms with Crippen molar-refractivity contribution in [3.63, 3.8) is 0 Å². The summed E-state index contributed by atoms with van der Waals surface area (Å²) in [5.74, 6) is -0.490. The first kappa shape index (κ1) is 20.3. The second kappa shape index (κ2) is 9.66. The molecule has 1 aromatic heterocycles. The molecule has 6 nitrogen and oxygen atoms in total. The molecule has 1 unspecified atom stereocenters. The normalized spacial score (nSPS) is 14.5. The Labute approximate surface area is 169 Å². The summed E-state index contributed by atoms with van der Waals surface area (Å²) in [7, 11) is 0. The van der Waals surface area contributed by atoms with Crippen molar-refractivity contribution in [3.8, 4) is 0 Å². The lowest BCUT2D eigenvalue weighted by atomic mass is 10.0. The summed E-state index contributed by atoms with van der Waals surface area (Å²) >= 11 is 6.00. The second-order valence-electron chi connectivity index (χ2n) is 6.75. The topological polar surface area (TPSA) is 71.5 Å². The number of carbonyl (C=O) groups is 2. The molecule has 0 radical (unpaired) electrons. The van der Waals surface area contributed by atoms with E-state index in [1.54, 1.807) is 31.5 Å². The molecule has 1 aliphatic carbocycles. The summed E-state index contributed by atoms with van der Waals surface area (Å²) in [5, 5.41) is 3.50. The minimum Gasteiger partial charge on any atom is -0.465 e. The molecule has 3 rings (SSSR count). The van der Waals surface area contributed by atoms with Gasteiger partial charge in [-0.3, -0.25) is 14.7 Å². The Kier molecular flexibility index (Phi) is 7.01. The monoisotopic (exact) mass is 401 g/mol. The zero-order valence-electron chi connectivity index (χ0n) is 15.8. The molecule has 1 aromatic carbocycles. The maximum atomic E-state index is 12.7. The van der Waals surface area contributed by atoms with E-state index in [0.29, 0.717) is 11.6 Å². The van der Waals surface area contributed by atoms with Crippen LogP contribution in [0.3, 0.4) is 0 Å². The van der Waals surface area contributed by atoms with E-state index in [1.165, 1.54) is 0 Å². The molecule has 2 aromatic rings. The van der Waals surface area contributed by atoms with Crippen molar-refractivity contribution in [2.45, 2.75) is 38.4 Å². The van der Waals surface area contributed by atoms with Gasteiger partial charge in [-0.1, -0.05) is 29.8 Å². The summed E-state index contributed by atoms with van der Waals surface area (Å²) in [4.78, 5) is 31.3. The second-order valence-corrected chi connectivity index (χ2v) is 7.18. The minimum absolute atomic E-state index is 0.122. The Morgan fingerprint density at radius 3 is 2.64 bits per heavy atom. The number of pyridine rings is 1. The third-order valence-corrected chi connectivity index (χ3v) is 4.83. The van der Waals surface area contributed by atoms with Crippen LogP contribution >= 0.6 is 11.6 Å². The molecule has 0 bridgehead atoms. The first-order valence-electron chi connectivity index (χ1n) is 9.42. The summed E-state index contributed by atoms with van der Waals surface area (Å²) in [6, 6.07) is 10.4. The van der Waals surface area contributed by atoms with E-state index in [1.807, 2.05) is 29.2 Å². The molecule has 1 fully saturated rings. The van der Waals surface area contributed by atoms with Crippen LogP contribution in [-0.4, -0.2) is 41.0 Å². The van der Waals surface area contributed by atoms with Crippen molar-refractivity contribution in [2.75, 3.05) is 13.2 Å². The molecule has 0 saturated heterocycles. The number of carbonyl (C=O) groups excluding carboxylic acids is 2. The van der Waals surface area contributed by atoms with Crippen LogP contribution in [0, 0.1) is 0 Å². The molecule has 0 spiro atoms. The third kappa shape index (κ3) is 5.53. The highest BCUT2D eigenvalue weighted by Crippen LogP contribution is 2.35. The quantitative estimate of drug-likeness (QED) is 0.653. The highest BCUT2D eigenvalue weighted by molar-refractivity contribution is 6.30. The van der Waals surface area contributed by atoms with Crippen molar-refractivity contribution in [1.29, 1.82) is 0 Å². The molecule has 1 amide bonds. The lowest BCUT2D eigenvalue weighted by molar-refractivity contribution is -0.150. The van der Waals surface area contributed by atoms with Crippen molar-refractivity contribution in [3.05, 3.63) is 64.9 Å². The number of nitrogens with zero attached hydrogens (tertiary/aromatic N) is 2. The van der Waals surface area contributed by atoms with E-state index < -0.39 is 6.04 Å². The van der Waals surface area contributed by atoms with Crippen LogP contribution in [0.2, 0.25) is 5.02 Å². The van der Waals surface area contributed by atoms with Gasteiger partial charge in [0.05, 0.1) is 13.2 Å². The van der Waals surface area contributed by atoms with E-state index in [-0.39, 0.29) is 31.1 Å². The van der Waals surface area contributed by atoms with Gasteiger partial charge in [-0.05, 0) is 49.1 Å². The van der Waals surface area contributed by atoms with E-state index in [9.17, 15) is 9.59 Å². The van der Waals surface area contributed by atoms with Gasteiger partial charge < -0.3 is 10.1 Å². The molecule has 148 valence electrons. The number of ether oxygens (including phenoxy) is 1. The van der Waals surface area contributed by atoms with Crippen LogP contribution < -0.4 is 5.32 Å². The molecule has 1 atom stereocenters. The molecule has 1 N–H and O–H groups in total. The highest BCUT2D eigenvalue weighted by atomic mass is 35.5. The average molecular weight is 402 g/mol. The summed E-state index contributed by atoms with van der Waals surface area (Å²) in [6.45, 7) is 2.58. The van der Waals surface area contributed by atoms with Crippen LogP contribution in [0.4, 0.5) is 0 Å². The molecule has 28 heavy (non-hydrogen) atoms. The van der Waals surface area contributed by atoms with Crippen LogP contribution in [0.5, 0.6) is 0 Å². The zero-order chi connectivity index (χ0) is 19.9. The van der Waals surface area contributed by atoms with Gasteiger partial charge in [0.15, 0.2) is 0 Å². The average Bonchev–Trinajstić information content (AvgIpc) is 3.53. The fourth-order valence-electron chi connectivity index (χ4n) is 3.09. The largest absolute Gasteiger partial charge is 0.465 e. The number of aromatic nitrogens is 1. The molecule has 1 heterocycles. The Morgan fingerprint density at radius 2 is 2.04 bits per heavy atom. The fraction of sp³-hybridized carbons (Fsp3) is 0.381. The number of esters is 1. The summed E-state index contributed by atoms with van der Waals surface area (Å²) in [6.07, 6.45) is 5.32. The number of hydrogen-bond acceptors (Lipinski definition) is 5. The maximum absolute atomic E-state index is 12.7. The maximum Gasteiger partial charge on any atom is 0.328 e. The van der Waals surface area contributed by atoms with Gasteiger partial charge in [-0.15, -0.1) is 0 Å². The van der Waals surface area contributed by atoms with Crippen molar-refractivity contribution in [2.24, 2.45) is 0 Å². The predicted octanol–water partition coefficient (Wildman–Crippen LogP) is 3.12. The van der Waals surface area contributed by atoms with Gasteiger partial charge in [0.25, 0.3) is 0 Å². The molecular weight excluding hydrogens is 378 g/mol. The van der Waals surface area contributed by atoms with Crippen LogP contribution in [-0.2, 0) is 20.9 Å². The number of amides is 1. The van der Waals surface area contributed by atoms with Crippen LogP contribution in [0.25, 0.3) is 0 Å². The SMILES string of the molecule is CCOC(=O)C(c1ccc(Cl)cc1)N(CC(=O)NCc1cccnc1)C1CC1. The highest BCUT2D eigenvalue weighted by Gasteiger charge is 2.40. The molecule has 0 aliphatic heterocycles. The number of rotatable bonds is 9. The Morgan fingerprint density at radius 1 is 1.29 bits per heavy atom. The number of benzene rings is 1. The Balaban J connectivity index is 1.73. The zero-order valence-corrected chi connectivity index (χ0v) is 16.6. The van der Waals surface area contributed by atoms with E-state index in [2.05, 4.69) is 10.3 Å². The first-order chi connectivity index (χ1) is 13.6. The number of nitrogens with one attached hydrogen (secondary N) is 1. The Hall–Kier alpha value is -2.44. The van der Waals surface area contributed by atoms with Crippen LogP contribution in [0.1, 0.15) is 36.9 Å². The van der Waals surface area contributed by atoms with Crippen molar-refractivity contribution in [1.82, 2.24) is 15.2 Å². The van der Waals surface area contributed by atoms with E-state index in [4.69, 9.17) is 16.3 Å².